The molecule has 26 heavy (non-hydrogen) atoms. The Balaban J connectivity index is 1.98. The van der Waals surface area contributed by atoms with Crippen LogP contribution in [0.3, 0.4) is 0 Å². The van der Waals surface area contributed by atoms with E-state index in [9.17, 15) is 14.7 Å². The summed E-state index contributed by atoms with van der Waals surface area (Å²) in [6.07, 6.45) is 3.49. The van der Waals surface area contributed by atoms with Crippen molar-refractivity contribution in [3.8, 4) is 5.69 Å². The molecule has 8 heteroatoms. The fourth-order valence-electron chi connectivity index (χ4n) is 3.20. The molecular weight excluding hydrogens is 356 g/mol. The Bertz CT molecular complexity index is 821. The summed E-state index contributed by atoms with van der Waals surface area (Å²) >= 11 is 6.27. The lowest BCUT2D eigenvalue weighted by molar-refractivity contribution is -0.143. The summed E-state index contributed by atoms with van der Waals surface area (Å²) in [6, 6.07) is 6.40. The van der Waals surface area contributed by atoms with E-state index in [4.69, 9.17) is 11.6 Å². The molecule has 1 atom stereocenters. The molecule has 3 rings (SSSR count). The van der Waals surface area contributed by atoms with Gasteiger partial charge in [0.25, 0.3) is 5.91 Å². The number of carboxylic acids is 1. The number of rotatable bonds is 5. The Labute approximate surface area is 156 Å². The molecule has 1 aromatic carbocycles. The zero-order chi connectivity index (χ0) is 18.7. The SMILES string of the molecule is CCCc1nc(C(=O)N2CCCCC2C(=O)O)nn1-c1ccccc1Cl. The van der Waals surface area contributed by atoms with Crippen molar-refractivity contribution >= 4 is 23.5 Å². The Kier molecular flexibility index (Phi) is 5.56. The second-order valence-electron chi connectivity index (χ2n) is 6.31. The largest absolute Gasteiger partial charge is 0.480 e. The molecule has 2 heterocycles. The van der Waals surface area contributed by atoms with Crippen LogP contribution < -0.4 is 0 Å². The maximum atomic E-state index is 12.9. The summed E-state index contributed by atoms with van der Waals surface area (Å²) < 4.78 is 1.58. The molecule has 1 aliphatic heterocycles. The number of aromatic nitrogens is 3. The smallest absolute Gasteiger partial charge is 0.326 e. The Morgan fingerprint density at radius 2 is 2.08 bits per heavy atom. The highest BCUT2D eigenvalue weighted by Crippen LogP contribution is 2.23. The lowest BCUT2D eigenvalue weighted by atomic mass is 10.0. The average molecular weight is 377 g/mol. The van der Waals surface area contributed by atoms with E-state index in [2.05, 4.69) is 10.1 Å². The number of hydrogen-bond acceptors (Lipinski definition) is 4. The molecule has 0 radical (unpaired) electrons. The molecule has 0 saturated carbocycles. The summed E-state index contributed by atoms with van der Waals surface area (Å²) in [4.78, 5) is 30.1. The summed E-state index contributed by atoms with van der Waals surface area (Å²) in [5, 5.41) is 14.3. The zero-order valence-corrected chi connectivity index (χ0v) is 15.3. The molecule has 1 aromatic heterocycles. The van der Waals surface area contributed by atoms with Crippen LogP contribution in [0.2, 0.25) is 5.02 Å². The van der Waals surface area contributed by atoms with Gasteiger partial charge < -0.3 is 10.0 Å². The predicted octanol–water partition coefficient (Wildman–Crippen LogP) is 2.95. The first kappa shape index (κ1) is 18.4. The summed E-state index contributed by atoms with van der Waals surface area (Å²) in [7, 11) is 0. The molecule has 0 aliphatic carbocycles. The van der Waals surface area contributed by atoms with Gasteiger partial charge in [0.05, 0.1) is 10.7 Å². The van der Waals surface area contributed by atoms with E-state index in [-0.39, 0.29) is 5.82 Å². The third-order valence-electron chi connectivity index (χ3n) is 4.47. The number of piperidine rings is 1. The highest BCUT2D eigenvalue weighted by Gasteiger charge is 2.34. The molecule has 1 saturated heterocycles. The number of amides is 1. The first-order valence-corrected chi connectivity index (χ1v) is 9.15. The molecule has 7 nitrogen and oxygen atoms in total. The maximum absolute atomic E-state index is 12.9. The van der Waals surface area contributed by atoms with Gasteiger partial charge in [0.1, 0.15) is 11.9 Å². The number of halogens is 1. The van der Waals surface area contributed by atoms with Crippen LogP contribution in [-0.2, 0) is 11.2 Å². The van der Waals surface area contributed by atoms with Crippen molar-refractivity contribution in [2.45, 2.75) is 45.1 Å². The fraction of sp³-hybridized carbons (Fsp3) is 0.444. The molecule has 0 spiro atoms. The highest BCUT2D eigenvalue weighted by atomic mass is 35.5. The van der Waals surface area contributed by atoms with Gasteiger partial charge in [0.15, 0.2) is 0 Å². The van der Waals surface area contributed by atoms with Gasteiger partial charge in [-0.1, -0.05) is 30.7 Å². The average Bonchev–Trinajstić information content (AvgIpc) is 3.05. The molecule has 1 aliphatic rings. The van der Waals surface area contributed by atoms with Gasteiger partial charge in [-0.15, -0.1) is 5.10 Å². The number of benzene rings is 1. The second-order valence-corrected chi connectivity index (χ2v) is 6.72. The van der Waals surface area contributed by atoms with Gasteiger partial charge in [0.2, 0.25) is 5.82 Å². The first-order chi connectivity index (χ1) is 12.5. The minimum Gasteiger partial charge on any atom is -0.480 e. The van der Waals surface area contributed by atoms with Crippen LogP contribution in [0.25, 0.3) is 5.69 Å². The molecule has 1 N–H and O–H groups in total. The number of aliphatic carboxylic acids is 1. The molecule has 1 unspecified atom stereocenters. The van der Waals surface area contributed by atoms with E-state index < -0.39 is 17.9 Å². The molecule has 1 fully saturated rings. The quantitative estimate of drug-likeness (QED) is 0.866. The van der Waals surface area contributed by atoms with Crippen molar-refractivity contribution in [2.75, 3.05) is 6.54 Å². The molecule has 138 valence electrons. The summed E-state index contributed by atoms with van der Waals surface area (Å²) in [5.41, 5.74) is 0.651. The topological polar surface area (TPSA) is 88.3 Å². The lowest BCUT2D eigenvalue weighted by Gasteiger charge is -2.31. The van der Waals surface area contributed by atoms with E-state index >= 15 is 0 Å². The number of likely N-dealkylation sites (tertiary alicyclic amines) is 1. The van der Waals surface area contributed by atoms with E-state index in [1.165, 1.54) is 4.90 Å². The minimum atomic E-state index is -0.989. The standard InChI is InChI=1S/C18H21ClN4O3/c1-2-7-15-20-16(21-23(15)13-9-4-3-8-12(13)19)17(24)22-11-6-5-10-14(22)18(25)26/h3-4,8-9,14H,2,5-7,10-11H2,1H3,(H,25,26). The number of carboxylic acid groups (broad SMARTS) is 1. The van der Waals surface area contributed by atoms with Crippen LogP contribution in [0, 0.1) is 0 Å². The monoisotopic (exact) mass is 376 g/mol. The predicted molar refractivity (Wildman–Crippen MR) is 96.7 cm³/mol. The molecule has 2 aromatic rings. The van der Waals surface area contributed by atoms with Gasteiger partial charge in [-0.05, 0) is 37.8 Å². The van der Waals surface area contributed by atoms with E-state index in [1.807, 2.05) is 25.1 Å². The van der Waals surface area contributed by atoms with Crippen molar-refractivity contribution in [1.29, 1.82) is 0 Å². The fourth-order valence-corrected chi connectivity index (χ4v) is 3.41. The third kappa shape index (κ3) is 3.58. The van der Waals surface area contributed by atoms with Crippen LogP contribution in [-0.4, -0.2) is 49.2 Å². The number of carbonyl (C=O) groups excluding carboxylic acids is 1. The van der Waals surface area contributed by atoms with Crippen LogP contribution in [0.4, 0.5) is 0 Å². The molecular formula is C18H21ClN4O3. The van der Waals surface area contributed by atoms with Crippen molar-refractivity contribution in [3.05, 3.63) is 40.9 Å². The first-order valence-electron chi connectivity index (χ1n) is 8.77. The molecule has 0 bridgehead atoms. The van der Waals surface area contributed by atoms with Gasteiger partial charge >= 0.3 is 5.97 Å². The minimum absolute atomic E-state index is 0.0153. The van der Waals surface area contributed by atoms with Crippen LogP contribution >= 0.6 is 11.6 Å². The van der Waals surface area contributed by atoms with Crippen molar-refractivity contribution in [3.63, 3.8) is 0 Å². The maximum Gasteiger partial charge on any atom is 0.326 e. The van der Waals surface area contributed by atoms with Crippen molar-refractivity contribution in [1.82, 2.24) is 19.7 Å². The van der Waals surface area contributed by atoms with Crippen molar-refractivity contribution < 1.29 is 14.7 Å². The number of para-hydroxylation sites is 1. The zero-order valence-electron chi connectivity index (χ0n) is 14.6. The number of aryl methyl sites for hydroxylation is 1. The van der Waals surface area contributed by atoms with Gasteiger partial charge in [-0.2, -0.15) is 0 Å². The lowest BCUT2D eigenvalue weighted by Crippen LogP contribution is -2.48. The number of hydrogen-bond donors (Lipinski definition) is 1. The van der Waals surface area contributed by atoms with Gasteiger partial charge in [0, 0.05) is 13.0 Å². The summed E-state index contributed by atoms with van der Waals surface area (Å²) in [6.45, 7) is 2.41. The number of nitrogens with zero attached hydrogens (tertiary/aromatic N) is 4. The molecule has 1 amide bonds. The summed E-state index contributed by atoms with van der Waals surface area (Å²) in [5.74, 6) is -0.785. The van der Waals surface area contributed by atoms with Crippen LogP contribution in [0.5, 0.6) is 0 Å². The van der Waals surface area contributed by atoms with Crippen molar-refractivity contribution in [2.24, 2.45) is 0 Å². The second kappa shape index (κ2) is 7.86. The number of carbonyl (C=O) groups is 2. The van der Waals surface area contributed by atoms with E-state index in [0.717, 1.165) is 19.3 Å². The normalized spacial score (nSPS) is 17.3. The Hall–Kier alpha value is -2.41. The van der Waals surface area contributed by atoms with E-state index in [1.54, 1.807) is 10.7 Å². The van der Waals surface area contributed by atoms with Gasteiger partial charge in [-0.25, -0.2) is 14.5 Å². The van der Waals surface area contributed by atoms with E-state index in [0.29, 0.717) is 35.9 Å². The third-order valence-corrected chi connectivity index (χ3v) is 4.79. The van der Waals surface area contributed by atoms with Crippen LogP contribution in [0.1, 0.15) is 49.1 Å². The highest BCUT2D eigenvalue weighted by molar-refractivity contribution is 6.32. The Morgan fingerprint density at radius 1 is 1.31 bits per heavy atom. The Morgan fingerprint density at radius 3 is 2.77 bits per heavy atom. The van der Waals surface area contributed by atoms with Crippen LogP contribution in [0.15, 0.2) is 24.3 Å². The van der Waals surface area contributed by atoms with Gasteiger partial charge in [-0.3, -0.25) is 4.79 Å².